The van der Waals surface area contributed by atoms with Crippen LogP contribution in [0.3, 0.4) is 0 Å². The maximum absolute atomic E-state index is 12.0. The van der Waals surface area contributed by atoms with Crippen LogP contribution in [0.25, 0.3) is 0 Å². The minimum atomic E-state index is -3.58. The van der Waals surface area contributed by atoms with Crippen LogP contribution in [0.15, 0.2) is 40.2 Å². The Hall–Kier alpha value is -1.44. The van der Waals surface area contributed by atoms with Crippen LogP contribution in [-0.4, -0.2) is 19.9 Å². The van der Waals surface area contributed by atoms with Crippen molar-refractivity contribution in [3.05, 3.63) is 40.8 Å². The minimum absolute atomic E-state index is 0.0234. The van der Waals surface area contributed by atoms with Gasteiger partial charge in [0, 0.05) is 18.9 Å². The van der Waals surface area contributed by atoms with E-state index >= 15 is 0 Å². The van der Waals surface area contributed by atoms with E-state index in [-0.39, 0.29) is 10.6 Å². The Morgan fingerprint density at radius 1 is 1.39 bits per heavy atom. The zero-order chi connectivity index (χ0) is 13.0. The maximum Gasteiger partial charge on any atom is 0.244 e. The molecule has 0 spiro atoms. The summed E-state index contributed by atoms with van der Waals surface area (Å²) in [6, 6.07) is 3.44. The lowest BCUT2D eigenvalue weighted by atomic mass is 10.2. The van der Waals surface area contributed by atoms with Gasteiger partial charge in [0.15, 0.2) is 0 Å². The van der Waals surface area contributed by atoms with Crippen molar-refractivity contribution < 1.29 is 8.42 Å². The third-order valence-corrected chi connectivity index (χ3v) is 4.63. The molecule has 5 nitrogen and oxygen atoms in total. The number of thiophene rings is 1. The Balaban J connectivity index is 2.02. The average molecular weight is 283 g/mol. The molecule has 96 valence electrons. The predicted octanol–water partition coefficient (Wildman–Crippen LogP) is 1.25. The molecule has 0 fully saturated rings. The second-order valence-electron chi connectivity index (χ2n) is 3.69. The normalized spacial score (nSPS) is 11.6. The van der Waals surface area contributed by atoms with Crippen LogP contribution in [0.2, 0.25) is 0 Å². The number of nitrogens with zero attached hydrogens (tertiary/aromatic N) is 1. The molecule has 0 aliphatic rings. The SMILES string of the molecule is Nc1ccncc1S(=O)(=O)NCCc1ccsc1. The summed E-state index contributed by atoms with van der Waals surface area (Å²) in [6.07, 6.45) is 3.37. The third kappa shape index (κ3) is 3.06. The Morgan fingerprint density at radius 3 is 2.89 bits per heavy atom. The first-order valence-electron chi connectivity index (χ1n) is 5.30. The van der Waals surface area contributed by atoms with Crippen molar-refractivity contribution in [1.82, 2.24) is 9.71 Å². The van der Waals surface area contributed by atoms with Crippen molar-refractivity contribution in [3.8, 4) is 0 Å². The molecule has 0 unspecified atom stereocenters. The molecule has 0 aromatic carbocycles. The number of nitrogens with one attached hydrogen (secondary N) is 1. The molecule has 2 rings (SSSR count). The minimum Gasteiger partial charge on any atom is -0.398 e. The zero-order valence-electron chi connectivity index (χ0n) is 9.54. The highest BCUT2D eigenvalue weighted by molar-refractivity contribution is 7.89. The Labute approximate surface area is 110 Å². The van der Waals surface area contributed by atoms with E-state index in [1.807, 2.05) is 16.8 Å². The molecular weight excluding hydrogens is 270 g/mol. The van der Waals surface area contributed by atoms with Crippen LogP contribution in [0, 0.1) is 0 Å². The van der Waals surface area contributed by atoms with Crippen molar-refractivity contribution in [3.63, 3.8) is 0 Å². The fourth-order valence-electron chi connectivity index (χ4n) is 1.46. The molecule has 0 amide bonds. The molecule has 0 radical (unpaired) electrons. The number of pyridine rings is 1. The summed E-state index contributed by atoms with van der Waals surface area (Å²) in [4.78, 5) is 3.80. The first kappa shape index (κ1) is 13.0. The number of aromatic nitrogens is 1. The van der Waals surface area contributed by atoms with Gasteiger partial charge in [0.2, 0.25) is 10.0 Å². The number of hydrogen-bond donors (Lipinski definition) is 2. The molecule has 0 saturated carbocycles. The van der Waals surface area contributed by atoms with Gasteiger partial charge in [-0.1, -0.05) is 0 Å². The molecule has 18 heavy (non-hydrogen) atoms. The summed E-state index contributed by atoms with van der Waals surface area (Å²) in [7, 11) is -3.58. The number of anilines is 1. The van der Waals surface area contributed by atoms with Crippen LogP contribution >= 0.6 is 11.3 Å². The second kappa shape index (κ2) is 5.47. The molecule has 0 bridgehead atoms. The highest BCUT2D eigenvalue weighted by atomic mass is 32.2. The standard InChI is InChI=1S/C11H13N3O2S2/c12-10-2-4-13-7-11(10)18(15,16)14-5-1-9-3-6-17-8-9/h2-4,6-8,14H,1,5H2,(H2,12,13). The summed E-state index contributed by atoms with van der Waals surface area (Å²) in [5.41, 5.74) is 6.93. The highest BCUT2D eigenvalue weighted by Gasteiger charge is 2.16. The molecule has 7 heteroatoms. The van der Waals surface area contributed by atoms with Gasteiger partial charge in [-0.3, -0.25) is 4.98 Å². The third-order valence-electron chi connectivity index (χ3n) is 2.39. The lowest BCUT2D eigenvalue weighted by molar-refractivity contribution is 0.581. The van der Waals surface area contributed by atoms with Crippen LogP contribution in [-0.2, 0) is 16.4 Å². The molecule has 0 aliphatic heterocycles. The fourth-order valence-corrected chi connectivity index (χ4v) is 3.27. The van der Waals surface area contributed by atoms with Crippen LogP contribution in [0.1, 0.15) is 5.56 Å². The molecule has 2 aromatic rings. The Morgan fingerprint density at radius 2 is 2.22 bits per heavy atom. The van der Waals surface area contributed by atoms with Gasteiger partial charge in [-0.25, -0.2) is 13.1 Å². The van der Waals surface area contributed by atoms with Gasteiger partial charge in [0.1, 0.15) is 4.90 Å². The molecule has 0 aliphatic carbocycles. The Kier molecular flexibility index (Phi) is 3.95. The van der Waals surface area contributed by atoms with E-state index in [2.05, 4.69) is 9.71 Å². The van der Waals surface area contributed by atoms with Gasteiger partial charge < -0.3 is 5.73 Å². The van der Waals surface area contributed by atoms with E-state index < -0.39 is 10.0 Å². The number of nitrogen functional groups attached to an aromatic ring is 1. The predicted molar refractivity (Wildman–Crippen MR) is 71.9 cm³/mol. The lowest BCUT2D eigenvalue weighted by Gasteiger charge is -2.07. The monoisotopic (exact) mass is 283 g/mol. The van der Waals surface area contributed by atoms with Crippen molar-refractivity contribution >= 4 is 27.0 Å². The second-order valence-corrected chi connectivity index (χ2v) is 6.21. The first-order chi connectivity index (χ1) is 8.59. The summed E-state index contributed by atoms with van der Waals surface area (Å²) >= 11 is 1.59. The smallest absolute Gasteiger partial charge is 0.244 e. The molecule has 3 N–H and O–H groups in total. The van der Waals surface area contributed by atoms with Crippen LogP contribution < -0.4 is 10.5 Å². The number of nitrogens with two attached hydrogens (primary N) is 1. The molecule has 0 saturated heterocycles. The summed E-state index contributed by atoms with van der Waals surface area (Å²) in [6.45, 7) is 0.341. The first-order valence-corrected chi connectivity index (χ1v) is 7.72. The summed E-state index contributed by atoms with van der Waals surface area (Å²) in [5.74, 6) is 0. The summed E-state index contributed by atoms with van der Waals surface area (Å²) in [5, 5.41) is 3.95. The zero-order valence-corrected chi connectivity index (χ0v) is 11.2. The van der Waals surface area contributed by atoms with Crippen molar-refractivity contribution in [2.24, 2.45) is 0 Å². The summed E-state index contributed by atoms with van der Waals surface area (Å²) < 4.78 is 26.4. The van der Waals surface area contributed by atoms with E-state index in [1.165, 1.54) is 18.5 Å². The van der Waals surface area contributed by atoms with E-state index in [1.54, 1.807) is 11.3 Å². The van der Waals surface area contributed by atoms with E-state index in [0.29, 0.717) is 13.0 Å². The largest absolute Gasteiger partial charge is 0.398 e. The molecule has 0 atom stereocenters. The maximum atomic E-state index is 12.0. The van der Waals surface area contributed by atoms with Gasteiger partial charge in [0.25, 0.3) is 0 Å². The van der Waals surface area contributed by atoms with Gasteiger partial charge in [-0.15, -0.1) is 0 Å². The number of sulfonamides is 1. The van der Waals surface area contributed by atoms with E-state index in [4.69, 9.17) is 5.73 Å². The van der Waals surface area contributed by atoms with Crippen molar-refractivity contribution in [2.45, 2.75) is 11.3 Å². The van der Waals surface area contributed by atoms with Gasteiger partial charge in [0.05, 0.1) is 5.69 Å². The molecular formula is C11H13N3O2S2. The topological polar surface area (TPSA) is 85.1 Å². The van der Waals surface area contributed by atoms with Crippen LogP contribution in [0.5, 0.6) is 0 Å². The van der Waals surface area contributed by atoms with E-state index in [9.17, 15) is 8.42 Å². The van der Waals surface area contributed by atoms with Crippen LogP contribution in [0.4, 0.5) is 5.69 Å². The highest BCUT2D eigenvalue weighted by Crippen LogP contribution is 2.15. The van der Waals surface area contributed by atoms with Gasteiger partial charge in [-0.2, -0.15) is 11.3 Å². The fraction of sp³-hybridized carbons (Fsp3) is 0.182. The molecule has 2 heterocycles. The van der Waals surface area contributed by atoms with Crippen molar-refractivity contribution in [1.29, 1.82) is 0 Å². The van der Waals surface area contributed by atoms with Gasteiger partial charge in [-0.05, 0) is 34.9 Å². The number of hydrogen-bond acceptors (Lipinski definition) is 5. The molecule has 2 aromatic heterocycles. The quantitative estimate of drug-likeness (QED) is 0.864. The number of rotatable bonds is 5. The average Bonchev–Trinajstić information content (AvgIpc) is 2.82. The van der Waals surface area contributed by atoms with E-state index in [0.717, 1.165) is 5.56 Å². The van der Waals surface area contributed by atoms with Gasteiger partial charge >= 0.3 is 0 Å². The van der Waals surface area contributed by atoms with Crippen molar-refractivity contribution in [2.75, 3.05) is 12.3 Å². The lowest BCUT2D eigenvalue weighted by Crippen LogP contribution is -2.26. The Bertz CT molecular complexity index is 609.